The molecule has 0 aliphatic carbocycles. The summed E-state index contributed by atoms with van der Waals surface area (Å²) >= 11 is 0. The molecule has 3 N–H and O–H groups in total. The molecular weight excluding hydrogens is 358 g/mol. The maximum absolute atomic E-state index is 11.6. The lowest BCUT2D eigenvalue weighted by atomic mass is 9.90. The number of pyridine rings is 2. The lowest BCUT2D eigenvalue weighted by Gasteiger charge is -2.32. The first-order valence-electron chi connectivity index (χ1n) is 9.25. The van der Waals surface area contributed by atoms with Gasteiger partial charge in [0.25, 0.3) is 5.91 Å². The number of anilines is 1. The van der Waals surface area contributed by atoms with Gasteiger partial charge in [0.05, 0.1) is 12.8 Å². The Morgan fingerprint density at radius 1 is 1.25 bits per heavy atom. The molecule has 1 saturated heterocycles. The molecule has 0 unspecified atom stereocenters. The Morgan fingerprint density at radius 2 is 2.00 bits per heavy atom. The minimum Gasteiger partial charge on any atom is -0.464 e. The number of likely N-dealkylation sites (tertiary alicyclic amines) is 1. The molecule has 148 valence electrons. The van der Waals surface area contributed by atoms with Crippen molar-refractivity contribution in [2.45, 2.75) is 25.3 Å². The zero-order valence-electron chi connectivity index (χ0n) is 16.1. The minimum atomic E-state index is -0.527. The number of nitrogens with two attached hydrogens (primary N) is 1. The van der Waals surface area contributed by atoms with E-state index in [4.69, 9.17) is 5.73 Å². The summed E-state index contributed by atoms with van der Waals surface area (Å²) in [4.78, 5) is 33.9. The van der Waals surface area contributed by atoms with Crippen molar-refractivity contribution >= 4 is 17.6 Å². The Hall–Kier alpha value is -3.00. The van der Waals surface area contributed by atoms with Crippen LogP contribution in [-0.2, 0) is 11.3 Å². The van der Waals surface area contributed by atoms with Crippen LogP contribution in [0, 0.1) is 0 Å². The van der Waals surface area contributed by atoms with Crippen LogP contribution in [0.1, 0.15) is 50.9 Å². The van der Waals surface area contributed by atoms with E-state index in [-0.39, 0.29) is 11.6 Å². The largest absolute Gasteiger partial charge is 0.464 e. The maximum atomic E-state index is 11.6. The number of aromatic nitrogens is 2. The van der Waals surface area contributed by atoms with Crippen molar-refractivity contribution in [2.24, 2.45) is 0 Å². The molecule has 8 heteroatoms. The molecule has 0 aromatic carbocycles. The molecule has 1 amide bonds. The molecule has 2 aromatic rings. The van der Waals surface area contributed by atoms with Crippen molar-refractivity contribution in [1.82, 2.24) is 20.2 Å². The van der Waals surface area contributed by atoms with E-state index in [0.29, 0.717) is 17.3 Å². The highest BCUT2D eigenvalue weighted by Crippen LogP contribution is 2.28. The topological polar surface area (TPSA) is 110 Å². The monoisotopic (exact) mass is 383 g/mol. The van der Waals surface area contributed by atoms with Crippen LogP contribution in [0.2, 0.25) is 0 Å². The Kier molecular flexibility index (Phi) is 6.20. The van der Waals surface area contributed by atoms with Gasteiger partial charge in [-0.3, -0.25) is 14.7 Å². The SMILES string of the molecule is CNC(=O)c1ccc(C2CCN(Cc3cnc(C(=O)OC)c(N)c3)CC2)cn1. The summed E-state index contributed by atoms with van der Waals surface area (Å²) in [5, 5.41) is 2.58. The zero-order valence-corrected chi connectivity index (χ0v) is 16.1. The number of nitrogens with zero attached hydrogens (tertiary/aromatic N) is 3. The number of esters is 1. The smallest absolute Gasteiger partial charge is 0.358 e. The molecule has 2 aromatic heterocycles. The molecule has 0 bridgehead atoms. The van der Waals surface area contributed by atoms with E-state index < -0.39 is 5.97 Å². The van der Waals surface area contributed by atoms with Crippen molar-refractivity contribution in [3.05, 3.63) is 53.1 Å². The molecule has 1 aliphatic heterocycles. The van der Waals surface area contributed by atoms with Crippen LogP contribution >= 0.6 is 0 Å². The van der Waals surface area contributed by atoms with Gasteiger partial charge >= 0.3 is 5.97 Å². The number of nitrogens with one attached hydrogen (secondary N) is 1. The van der Waals surface area contributed by atoms with Gasteiger partial charge in [-0.25, -0.2) is 9.78 Å². The highest BCUT2D eigenvalue weighted by atomic mass is 16.5. The first-order valence-corrected chi connectivity index (χ1v) is 9.25. The second-order valence-electron chi connectivity index (χ2n) is 6.88. The average Bonchev–Trinajstić information content (AvgIpc) is 2.73. The van der Waals surface area contributed by atoms with Gasteiger partial charge in [0.1, 0.15) is 5.69 Å². The zero-order chi connectivity index (χ0) is 20.1. The molecule has 0 atom stereocenters. The van der Waals surface area contributed by atoms with Crippen molar-refractivity contribution < 1.29 is 14.3 Å². The summed E-state index contributed by atoms with van der Waals surface area (Å²) in [5.41, 5.74) is 8.99. The van der Waals surface area contributed by atoms with Gasteiger partial charge in [0.2, 0.25) is 0 Å². The van der Waals surface area contributed by atoms with E-state index in [1.165, 1.54) is 12.7 Å². The number of methoxy groups -OCH3 is 1. The lowest BCUT2D eigenvalue weighted by Crippen LogP contribution is -2.32. The van der Waals surface area contributed by atoms with E-state index in [0.717, 1.165) is 38.0 Å². The highest BCUT2D eigenvalue weighted by Gasteiger charge is 2.22. The van der Waals surface area contributed by atoms with Gasteiger partial charge in [-0.15, -0.1) is 0 Å². The second-order valence-corrected chi connectivity index (χ2v) is 6.88. The van der Waals surface area contributed by atoms with Crippen molar-refractivity contribution in [2.75, 3.05) is 33.0 Å². The fourth-order valence-corrected chi connectivity index (χ4v) is 3.47. The number of ether oxygens (including phenoxy) is 1. The fourth-order valence-electron chi connectivity index (χ4n) is 3.47. The van der Waals surface area contributed by atoms with E-state index in [1.807, 2.05) is 6.07 Å². The number of amides is 1. The van der Waals surface area contributed by atoms with Crippen LogP contribution in [0.5, 0.6) is 0 Å². The first-order chi connectivity index (χ1) is 13.5. The minimum absolute atomic E-state index is 0.151. The van der Waals surface area contributed by atoms with Crippen molar-refractivity contribution in [1.29, 1.82) is 0 Å². The van der Waals surface area contributed by atoms with E-state index in [2.05, 4.69) is 24.9 Å². The third-order valence-corrected chi connectivity index (χ3v) is 5.06. The average molecular weight is 383 g/mol. The van der Waals surface area contributed by atoms with Gasteiger partial charge < -0.3 is 15.8 Å². The predicted molar refractivity (Wildman–Crippen MR) is 105 cm³/mol. The van der Waals surface area contributed by atoms with Crippen LogP contribution < -0.4 is 11.1 Å². The summed E-state index contributed by atoms with van der Waals surface area (Å²) < 4.78 is 4.67. The molecule has 0 spiro atoms. The quantitative estimate of drug-likeness (QED) is 0.754. The van der Waals surface area contributed by atoms with Gasteiger partial charge in [0, 0.05) is 26.0 Å². The number of nitrogen functional groups attached to an aromatic ring is 1. The van der Waals surface area contributed by atoms with Gasteiger partial charge in [-0.1, -0.05) is 6.07 Å². The summed E-state index contributed by atoms with van der Waals surface area (Å²) in [5.74, 6) is -0.263. The standard InChI is InChI=1S/C20H25N5O3/c1-22-19(26)17-4-3-15(11-23-17)14-5-7-25(8-6-14)12-13-9-16(21)18(24-10-13)20(27)28-2/h3-4,9-11,14H,5-8,12,21H2,1-2H3,(H,22,26). The highest BCUT2D eigenvalue weighted by molar-refractivity contribution is 5.92. The number of rotatable bonds is 5. The molecule has 1 fully saturated rings. The van der Waals surface area contributed by atoms with Crippen molar-refractivity contribution in [3.63, 3.8) is 0 Å². The van der Waals surface area contributed by atoms with Gasteiger partial charge in [-0.2, -0.15) is 0 Å². The van der Waals surface area contributed by atoms with Crippen LogP contribution in [0.15, 0.2) is 30.6 Å². The van der Waals surface area contributed by atoms with Crippen LogP contribution in [-0.4, -0.2) is 54.0 Å². The third-order valence-electron chi connectivity index (χ3n) is 5.06. The summed E-state index contributed by atoms with van der Waals surface area (Å²) in [6.07, 6.45) is 5.52. The normalized spacial score (nSPS) is 15.2. The molecular formula is C20H25N5O3. The lowest BCUT2D eigenvalue weighted by molar-refractivity contribution is 0.0595. The number of piperidine rings is 1. The maximum Gasteiger partial charge on any atom is 0.358 e. The molecule has 0 saturated carbocycles. The molecule has 1 aliphatic rings. The molecule has 28 heavy (non-hydrogen) atoms. The number of carbonyl (C=O) groups excluding carboxylic acids is 2. The first kappa shape index (κ1) is 19.8. The van der Waals surface area contributed by atoms with E-state index in [1.54, 1.807) is 31.6 Å². The molecule has 8 nitrogen and oxygen atoms in total. The Bertz CT molecular complexity index is 845. The van der Waals surface area contributed by atoms with Crippen molar-refractivity contribution in [3.8, 4) is 0 Å². The summed E-state index contributed by atoms with van der Waals surface area (Å²) in [7, 11) is 2.91. The molecule has 3 heterocycles. The second kappa shape index (κ2) is 8.79. The molecule has 3 rings (SSSR count). The Balaban J connectivity index is 1.56. The third kappa shape index (κ3) is 4.45. The number of hydrogen-bond donors (Lipinski definition) is 2. The van der Waals surface area contributed by atoms with Crippen LogP contribution in [0.3, 0.4) is 0 Å². The molecule has 0 radical (unpaired) electrons. The van der Waals surface area contributed by atoms with E-state index in [9.17, 15) is 9.59 Å². The summed E-state index contributed by atoms with van der Waals surface area (Å²) in [6.45, 7) is 2.63. The van der Waals surface area contributed by atoms with Crippen LogP contribution in [0.4, 0.5) is 5.69 Å². The fraction of sp³-hybridized carbons (Fsp3) is 0.400. The van der Waals surface area contributed by atoms with E-state index >= 15 is 0 Å². The van der Waals surface area contributed by atoms with Gasteiger partial charge in [-0.05, 0) is 55.1 Å². The summed E-state index contributed by atoms with van der Waals surface area (Å²) in [6, 6.07) is 5.55. The number of carbonyl (C=O) groups is 2. The Morgan fingerprint density at radius 3 is 2.57 bits per heavy atom. The number of hydrogen-bond acceptors (Lipinski definition) is 7. The Labute approximate surface area is 164 Å². The van der Waals surface area contributed by atoms with Gasteiger partial charge in [0.15, 0.2) is 5.69 Å². The predicted octanol–water partition coefficient (Wildman–Crippen LogP) is 1.58. The van der Waals surface area contributed by atoms with Crippen LogP contribution in [0.25, 0.3) is 0 Å².